The Bertz CT molecular complexity index is 1000. The van der Waals surface area contributed by atoms with E-state index in [1.165, 1.54) is 37.6 Å². The molecule has 1 aromatic heterocycles. The van der Waals surface area contributed by atoms with E-state index < -0.39 is 5.82 Å². The van der Waals surface area contributed by atoms with Crippen molar-refractivity contribution in [2.75, 3.05) is 12.0 Å². The van der Waals surface area contributed by atoms with E-state index in [2.05, 4.69) is 4.98 Å². The summed E-state index contributed by atoms with van der Waals surface area (Å²) in [5.74, 6) is -0.610. The molecule has 4 rings (SSSR count). The molecule has 4 nitrogen and oxygen atoms in total. The molecule has 0 bridgehead atoms. The lowest BCUT2D eigenvalue weighted by Gasteiger charge is -2.16. The molecular formula is C20H14F2N2O2. The van der Waals surface area contributed by atoms with Gasteiger partial charge in [0.05, 0.1) is 19.2 Å². The first kappa shape index (κ1) is 16.2. The average Bonchev–Trinajstić information content (AvgIpc) is 2.99. The molecule has 0 fully saturated rings. The van der Waals surface area contributed by atoms with E-state index >= 15 is 0 Å². The summed E-state index contributed by atoms with van der Waals surface area (Å²) in [5.41, 5.74) is 3.21. The van der Waals surface area contributed by atoms with Crippen LogP contribution in [0.15, 0.2) is 54.9 Å². The maximum absolute atomic E-state index is 13.5. The fraction of sp³-hybridized carbons (Fsp3) is 0.100. The number of anilines is 1. The highest BCUT2D eigenvalue weighted by atomic mass is 19.1. The van der Waals surface area contributed by atoms with Crippen LogP contribution in [0.5, 0.6) is 5.75 Å². The molecule has 1 aliphatic heterocycles. The highest BCUT2D eigenvalue weighted by Gasteiger charge is 2.31. The van der Waals surface area contributed by atoms with Crippen molar-refractivity contribution >= 4 is 11.6 Å². The molecule has 1 aliphatic rings. The lowest BCUT2D eigenvalue weighted by Crippen LogP contribution is -2.22. The number of fused-ring (bicyclic) bond motifs is 1. The number of ether oxygens (including phenoxy) is 1. The molecule has 2 aromatic carbocycles. The molecule has 0 N–H and O–H groups in total. The Hall–Kier alpha value is -3.28. The lowest BCUT2D eigenvalue weighted by molar-refractivity contribution is 0.0996. The Morgan fingerprint density at radius 3 is 2.38 bits per heavy atom. The SMILES string of the molecule is COc1cc(F)ccc1-c1cncc2c1CN(c1ccc(F)cc1)C2=O. The predicted molar refractivity (Wildman–Crippen MR) is 93.1 cm³/mol. The van der Waals surface area contributed by atoms with E-state index in [0.717, 1.165) is 5.56 Å². The van der Waals surface area contributed by atoms with E-state index in [0.29, 0.717) is 34.7 Å². The summed E-state index contributed by atoms with van der Waals surface area (Å²) < 4.78 is 32.0. The first-order valence-corrected chi connectivity index (χ1v) is 7.96. The zero-order valence-electron chi connectivity index (χ0n) is 13.9. The molecule has 1 amide bonds. The fourth-order valence-electron chi connectivity index (χ4n) is 3.17. The third kappa shape index (κ3) is 2.60. The van der Waals surface area contributed by atoms with Gasteiger partial charge in [0.25, 0.3) is 5.91 Å². The largest absolute Gasteiger partial charge is 0.496 e. The van der Waals surface area contributed by atoms with Gasteiger partial charge in [-0.3, -0.25) is 9.78 Å². The van der Waals surface area contributed by atoms with Crippen LogP contribution in [0.4, 0.5) is 14.5 Å². The molecular weight excluding hydrogens is 338 g/mol. The van der Waals surface area contributed by atoms with Crippen LogP contribution in [0.3, 0.4) is 0 Å². The summed E-state index contributed by atoms with van der Waals surface area (Å²) >= 11 is 0. The number of hydrogen-bond acceptors (Lipinski definition) is 3. The molecule has 6 heteroatoms. The number of methoxy groups -OCH3 is 1. The second-order valence-corrected chi connectivity index (χ2v) is 5.93. The quantitative estimate of drug-likeness (QED) is 0.710. The van der Waals surface area contributed by atoms with Crippen LogP contribution in [0.25, 0.3) is 11.1 Å². The first-order valence-electron chi connectivity index (χ1n) is 7.96. The van der Waals surface area contributed by atoms with Crippen molar-refractivity contribution in [3.63, 3.8) is 0 Å². The van der Waals surface area contributed by atoms with Crippen LogP contribution < -0.4 is 9.64 Å². The molecule has 26 heavy (non-hydrogen) atoms. The number of hydrogen-bond donors (Lipinski definition) is 0. The summed E-state index contributed by atoms with van der Waals surface area (Å²) in [6, 6.07) is 9.99. The molecule has 130 valence electrons. The van der Waals surface area contributed by atoms with Crippen molar-refractivity contribution in [3.05, 3.63) is 77.6 Å². The van der Waals surface area contributed by atoms with Gasteiger partial charge in [0, 0.05) is 35.3 Å². The van der Waals surface area contributed by atoms with Crippen molar-refractivity contribution in [2.24, 2.45) is 0 Å². The second kappa shape index (κ2) is 6.22. The molecule has 0 atom stereocenters. The van der Waals surface area contributed by atoms with Crippen LogP contribution in [-0.4, -0.2) is 18.0 Å². The summed E-state index contributed by atoms with van der Waals surface area (Å²) in [6.07, 6.45) is 3.15. The summed E-state index contributed by atoms with van der Waals surface area (Å²) in [5, 5.41) is 0. The Morgan fingerprint density at radius 1 is 0.962 bits per heavy atom. The zero-order valence-corrected chi connectivity index (χ0v) is 13.9. The highest BCUT2D eigenvalue weighted by Crippen LogP contribution is 2.38. The minimum Gasteiger partial charge on any atom is -0.496 e. The van der Waals surface area contributed by atoms with Crippen molar-refractivity contribution < 1.29 is 18.3 Å². The predicted octanol–water partition coefficient (Wildman–Crippen LogP) is 4.20. The van der Waals surface area contributed by atoms with Crippen LogP contribution in [0.2, 0.25) is 0 Å². The van der Waals surface area contributed by atoms with E-state index in [-0.39, 0.29) is 11.7 Å². The van der Waals surface area contributed by atoms with Gasteiger partial charge in [-0.25, -0.2) is 8.78 Å². The monoisotopic (exact) mass is 352 g/mol. The molecule has 0 saturated heterocycles. The Balaban J connectivity index is 1.80. The number of rotatable bonds is 3. The fourth-order valence-corrected chi connectivity index (χ4v) is 3.17. The molecule has 0 aliphatic carbocycles. The van der Waals surface area contributed by atoms with Gasteiger partial charge in [0.2, 0.25) is 0 Å². The number of carbonyl (C=O) groups excluding carboxylic acids is 1. The molecule has 0 saturated carbocycles. The van der Waals surface area contributed by atoms with Gasteiger partial charge in [-0.05, 0) is 42.0 Å². The van der Waals surface area contributed by atoms with E-state index in [4.69, 9.17) is 4.74 Å². The van der Waals surface area contributed by atoms with E-state index in [9.17, 15) is 13.6 Å². The number of halogens is 2. The number of benzene rings is 2. The molecule has 0 radical (unpaired) electrons. The summed E-state index contributed by atoms with van der Waals surface area (Å²) in [7, 11) is 1.46. The normalized spacial score (nSPS) is 13.0. The van der Waals surface area contributed by atoms with Gasteiger partial charge in [0.15, 0.2) is 0 Å². The van der Waals surface area contributed by atoms with Crippen molar-refractivity contribution in [1.29, 1.82) is 0 Å². The molecule has 3 aromatic rings. The number of aromatic nitrogens is 1. The number of carbonyl (C=O) groups is 1. The van der Waals surface area contributed by atoms with E-state index in [1.807, 2.05) is 0 Å². The standard InChI is InChI=1S/C20H14F2N2O2/c1-26-19-8-13(22)4-7-15(19)16-9-23-10-17-18(16)11-24(20(17)25)14-5-2-12(21)3-6-14/h2-10H,11H2,1H3. The van der Waals surface area contributed by atoms with Gasteiger partial charge in [-0.15, -0.1) is 0 Å². The third-order valence-corrected chi connectivity index (χ3v) is 4.44. The number of amides is 1. The average molecular weight is 352 g/mol. The maximum Gasteiger partial charge on any atom is 0.260 e. The van der Waals surface area contributed by atoms with Crippen LogP contribution in [0, 0.1) is 11.6 Å². The van der Waals surface area contributed by atoms with Crippen molar-refractivity contribution in [1.82, 2.24) is 4.98 Å². The summed E-state index contributed by atoms with van der Waals surface area (Å²) in [6.45, 7) is 0.318. The van der Waals surface area contributed by atoms with Crippen LogP contribution in [-0.2, 0) is 6.54 Å². The Labute approximate surface area is 148 Å². The lowest BCUT2D eigenvalue weighted by atomic mass is 9.99. The topological polar surface area (TPSA) is 42.4 Å². The minimum absolute atomic E-state index is 0.206. The van der Waals surface area contributed by atoms with Crippen molar-refractivity contribution in [3.8, 4) is 16.9 Å². The zero-order chi connectivity index (χ0) is 18.3. The van der Waals surface area contributed by atoms with Crippen molar-refractivity contribution in [2.45, 2.75) is 6.54 Å². The Morgan fingerprint density at radius 2 is 1.65 bits per heavy atom. The highest BCUT2D eigenvalue weighted by molar-refractivity contribution is 6.11. The maximum atomic E-state index is 13.5. The second-order valence-electron chi connectivity index (χ2n) is 5.93. The smallest absolute Gasteiger partial charge is 0.260 e. The summed E-state index contributed by atoms with van der Waals surface area (Å²) in [4.78, 5) is 18.5. The van der Waals surface area contributed by atoms with Gasteiger partial charge >= 0.3 is 0 Å². The van der Waals surface area contributed by atoms with Crippen LogP contribution in [0.1, 0.15) is 15.9 Å². The van der Waals surface area contributed by atoms with Crippen LogP contribution >= 0.6 is 0 Å². The third-order valence-electron chi connectivity index (χ3n) is 4.44. The molecule has 0 spiro atoms. The molecule has 0 unspecified atom stereocenters. The number of nitrogens with zero attached hydrogens (tertiary/aromatic N) is 2. The number of pyridine rings is 1. The molecule has 2 heterocycles. The van der Waals surface area contributed by atoms with E-state index in [1.54, 1.807) is 29.3 Å². The Kier molecular flexibility index (Phi) is 3.88. The first-order chi connectivity index (χ1) is 12.6. The van der Waals surface area contributed by atoms with Gasteiger partial charge < -0.3 is 9.64 Å². The minimum atomic E-state index is -0.407. The van der Waals surface area contributed by atoms with Gasteiger partial charge in [-0.1, -0.05) is 0 Å². The van der Waals surface area contributed by atoms with Gasteiger partial charge in [0.1, 0.15) is 17.4 Å². The van der Waals surface area contributed by atoms with Gasteiger partial charge in [-0.2, -0.15) is 0 Å².